The molecule has 1 aliphatic heterocycles. The zero-order chi connectivity index (χ0) is 30.3. The molecule has 4 rings (SSSR count). The molecular formula is C30H36FN5O4S. The van der Waals surface area contributed by atoms with Crippen molar-refractivity contribution in [3.05, 3.63) is 57.7 Å². The molecule has 2 aromatic heterocycles. The number of urea groups is 1. The molecule has 1 fully saturated rings. The second-order valence-electron chi connectivity index (χ2n) is 11.6. The second-order valence-corrected chi connectivity index (χ2v) is 12.7. The molecule has 2 N–H and O–H groups in total. The van der Waals surface area contributed by atoms with Gasteiger partial charge in [0.25, 0.3) is 5.91 Å². The van der Waals surface area contributed by atoms with Crippen LogP contribution in [0.2, 0.25) is 0 Å². The van der Waals surface area contributed by atoms with Crippen molar-refractivity contribution >= 4 is 40.6 Å². The van der Waals surface area contributed by atoms with Crippen LogP contribution in [-0.4, -0.2) is 65.4 Å². The maximum Gasteiger partial charge on any atom is 0.323 e. The molecule has 0 spiro atoms. The smallest absolute Gasteiger partial charge is 0.323 e. The van der Waals surface area contributed by atoms with Crippen LogP contribution in [0.5, 0.6) is 5.88 Å². The van der Waals surface area contributed by atoms with Gasteiger partial charge in [-0.15, -0.1) is 11.3 Å². The predicted octanol–water partition coefficient (Wildman–Crippen LogP) is 5.90. The first-order chi connectivity index (χ1) is 19.1. The Balaban J connectivity index is 1.62. The van der Waals surface area contributed by atoms with E-state index in [0.717, 1.165) is 4.88 Å². The van der Waals surface area contributed by atoms with E-state index in [9.17, 15) is 18.8 Å². The highest BCUT2D eigenvalue weighted by Crippen LogP contribution is 2.38. The molecule has 0 aliphatic carbocycles. The van der Waals surface area contributed by atoms with Gasteiger partial charge < -0.3 is 25.2 Å². The van der Waals surface area contributed by atoms with Crippen LogP contribution >= 0.6 is 11.3 Å². The number of nitrogens with zero attached hydrogens (tertiary/aromatic N) is 3. The third-order valence-corrected chi connectivity index (χ3v) is 8.77. The number of amides is 4. The molecule has 3 heterocycles. The number of anilines is 2. The van der Waals surface area contributed by atoms with E-state index in [4.69, 9.17) is 4.74 Å². The van der Waals surface area contributed by atoms with Gasteiger partial charge in [0.1, 0.15) is 16.2 Å². The molecule has 0 unspecified atom stereocenters. The van der Waals surface area contributed by atoms with E-state index in [2.05, 4.69) is 15.6 Å². The number of likely N-dealkylation sites (N-methyl/N-ethyl adjacent to an activating group) is 1. The summed E-state index contributed by atoms with van der Waals surface area (Å²) < 4.78 is 20.0. The Morgan fingerprint density at radius 3 is 2.44 bits per heavy atom. The monoisotopic (exact) mass is 581 g/mol. The molecule has 9 nitrogen and oxygen atoms in total. The molecule has 0 saturated carbocycles. The largest absolute Gasteiger partial charge is 0.481 e. The summed E-state index contributed by atoms with van der Waals surface area (Å²) in [4.78, 5) is 48.5. The molecule has 0 bridgehead atoms. The minimum Gasteiger partial charge on any atom is -0.481 e. The Hall–Kier alpha value is -3.99. The van der Waals surface area contributed by atoms with Crippen LogP contribution in [0.3, 0.4) is 0 Å². The minimum atomic E-state index is -1.04. The third kappa shape index (κ3) is 6.04. The summed E-state index contributed by atoms with van der Waals surface area (Å²) in [5.74, 6) is -0.540. The molecule has 11 heteroatoms. The first-order valence-electron chi connectivity index (χ1n) is 13.2. The Kier molecular flexibility index (Phi) is 8.13. The van der Waals surface area contributed by atoms with E-state index in [1.807, 2.05) is 20.8 Å². The number of pyridine rings is 1. The van der Waals surface area contributed by atoms with Gasteiger partial charge in [0.15, 0.2) is 0 Å². The SMILES string of the molecule is COc1ccc(-c2cc(NC(=O)Nc3cc(C(C)(C)C)sc3C(=O)N3CCN(C)C(=O)C3(C)C)cc(F)c2C)cn1. The number of ether oxygens (including phenoxy) is 1. The summed E-state index contributed by atoms with van der Waals surface area (Å²) in [5.41, 5.74) is 0.882. The number of aromatic nitrogens is 1. The molecule has 41 heavy (non-hydrogen) atoms. The van der Waals surface area contributed by atoms with Crippen molar-refractivity contribution in [2.24, 2.45) is 0 Å². The molecule has 1 aliphatic rings. The lowest BCUT2D eigenvalue weighted by Crippen LogP contribution is -2.63. The van der Waals surface area contributed by atoms with Gasteiger partial charge in [-0.2, -0.15) is 0 Å². The topological polar surface area (TPSA) is 104 Å². The minimum absolute atomic E-state index is 0.152. The van der Waals surface area contributed by atoms with Gasteiger partial charge in [-0.25, -0.2) is 14.2 Å². The van der Waals surface area contributed by atoms with Crippen molar-refractivity contribution in [3.8, 4) is 17.0 Å². The Bertz CT molecular complexity index is 1490. The number of hydrogen-bond acceptors (Lipinski definition) is 6. The molecule has 218 valence electrons. The Morgan fingerprint density at radius 1 is 1.12 bits per heavy atom. The highest BCUT2D eigenvalue weighted by Gasteiger charge is 2.44. The van der Waals surface area contributed by atoms with Gasteiger partial charge in [-0.1, -0.05) is 20.8 Å². The number of carbonyl (C=O) groups excluding carboxylic acids is 3. The van der Waals surface area contributed by atoms with Crippen molar-refractivity contribution in [3.63, 3.8) is 0 Å². The second kappa shape index (κ2) is 11.1. The summed E-state index contributed by atoms with van der Waals surface area (Å²) in [6.45, 7) is 11.9. The maximum absolute atomic E-state index is 14.9. The number of methoxy groups -OCH3 is 1. The zero-order valence-electron chi connectivity index (χ0n) is 24.6. The third-order valence-electron chi connectivity index (χ3n) is 7.22. The standard InChI is InChI=1S/C30H36FN5O4S/c1-17-20(18-9-10-24(40-8)32-16-18)13-19(14-21(17)31)33-28(39)34-22-15-23(29(2,3)4)41-25(22)26(37)36-12-11-35(7)27(38)30(36,5)6/h9-10,13-16H,11-12H2,1-8H3,(H2,33,34,39). The van der Waals surface area contributed by atoms with Gasteiger partial charge >= 0.3 is 6.03 Å². The molecule has 0 radical (unpaired) electrons. The van der Waals surface area contributed by atoms with Gasteiger partial charge in [0.2, 0.25) is 11.8 Å². The van der Waals surface area contributed by atoms with Crippen molar-refractivity contribution in [1.29, 1.82) is 0 Å². The number of carbonyl (C=O) groups is 3. The van der Waals surface area contributed by atoms with Crippen LogP contribution in [0.4, 0.5) is 20.6 Å². The fourth-order valence-corrected chi connectivity index (χ4v) is 5.82. The van der Waals surface area contributed by atoms with Crippen molar-refractivity contribution in [1.82, 2.24) is 14.8 Å². The normalized spacial score (nSPS) is 15.1. The van der Waals surface area contributed by atoms with E-state index in [-0.39, 0.29) is 22.9 Å². The van der Waals surface area contributed by atoms with Crippen molar-refractivity contribution < 1.29 is 23.5 Å². The molecule has 1 aromatic carbocycles. The van der Waals surface area contributed by atoms with Crippen molar-refractivity contribution in [2.45, 2.75) is 52.5 Å². The lowest BCUT2D eigenvalue weighted by Gasteiger charge is -2.44. The predicted molar refractivity (Wildman–Crippen MR) is 159 cm³/mol. The number of hydrogen-bond donors (Lipinski definition) is 2. The lowest BCUT2D eigenvalue weighted by atomic mass is 9.94. The van der Waals surface area contributed by atoms with Crippen LogP contribution in [0, 0.1) is 12.7 Å². The van der Waals surface area contributed by atoms with Crippen LogP contribution in [0.1, 0.15) is 54.7 Å². The number of rotatable bonds is 5. The molecule has 4 amide bonds. The quantitative estimate of drug-likeness (QED) is 0.391. The number of nitrogens with one attached hydrogen (secondary N) is 2. The summed E-state index contributed by atoms with van der Waals surface area (Å²) in [6, 6.07) is 7.50. The zero-order valence-corrected chi connectivity index (χ0v) is 25.5. The van der Waals surface area contributed by atoms with Gasteiger partial charge in [0, 0.05) is 48.5 Å². The van der Waals surface area contributed by atoms with Crippen LogP contribution in [0.15, 0.2) is 36.5 Å². The maximum atomic E-state index is 14.9. The average molecular weight is 582 g/mol. The molecular weight excluding hydrogens is 545 g/mol. The fraction of sp³-hybridized carbons (Fsp3) is 0.400. The first kappa shape index (κ1) is 30.0. The van der Waals surface area contributed by atoms with Gasteiger partial charge in [0.05, 0.1) is 12.8 Å². The van der Waals surface area contributed by atoms with Crippen LogP contribution < -0.4 is 15.4 Å². The van der Waals surface area contributed by atoms with Gasteiger partial charge in [-0.05, 0) is 61.6 Å². The Labute approximate surface area is 243 Å². The highest BCUT2D eigenvalue weighted by atomic mass is 32.1. The summed E-state index contributed by atoms with van der Waals surface area (Å²) in [5, 5.41) is 5.49. The number of halogens is 1. The van der Waals surface area contributed by atoms with E-state index in [0.29, 0.717) is 46.2 Å². The number of thiophene rings is 1. The van der Waals surface area contributed by atoms with E-state index < -0.39 is 17.4 Å². The van der Waals surface area contributed by atoms with Crippen LogP contribution in [0.25, 0.3) is 11.1 Å². The summed E-state index contributed by atoms with van der Waals surface area (Å²) in [7, 11) is 3.23. The fourth-order valence-electron chi connectivity index (χ4n) is 4.70. The Morgan fingerprint density at radius 2 is 1.83 bits per heavy atom. The molecule has 1 saturated heterocycles. The van der Waals surface area contributed by atoms with E-state index in [1.54, 1.807) is 68.1 Å². The van der Waals surface area contributed by atoms with Crippen molar-refractivity contribution in [2.75, 3.05) is 37.9 Å². The average Bonchev–Trinajstić information content (AvgIpc) is 3.33. The summed E-state index contributed by atoms with van der Waals surface area (Å²) >= 11 is 1.29. The summed E-state index contributed by atoms with van der Waals surface area (Å²) in [6.07, 6.45) is 1.58. The lowest BCUT2D eigenvalue weighted by molar-refractivity contribution is -0.144. The number of benzene rings is 1. The molecule has 0 atom stereocenters. The van der Waals surface area contributed by atoms with E-state index in [1.165, 1.54) is 24.5 Å². The van der Waals surface area contributed by atoms with Crippen LogP contribution in [-0.2, 0) is 10.2 Å². The number of piperazine rings is 1. The first-order valence-corrected chi connectivity index (χ1v) is 14.1. The van der Waals surface area contributed by atoms with Gasteiger partial charge in [-0.3, -0.25) is 9.59 Å². The van der Waals surface area contributed by atoms with E-state index >= 15 is 0 Å². The molecule has 3 aromatic rings. The highest BCUT2D eigenvalue weighted by molar-refractivity contribution is 7.14.